The number of para-hydroxylation sites is 1. The predicted octanol–water partition coefficient (Wildman–Crippen LogP) is 3.69. The molecule has 2 aromatic rings. The van der Waals surface area contributed by atoms with Crippen molar-refractivity contribution in [2.24, 2.45) is 0 Å². The van der Waals surface area contributed by atoms with Crippen LogP contribution in [0.3, 0.4) is 0 Å². The average Bonchev–Trinajstić information content (AvgIpc) is 2.36. The summed E-state index contributed by atoms with van der Waals surface area (Å²) < 4.78 is 6.72. The van der Waals surface area contributed by atoms with Gasteiger partial charge in [0.1, 0.15) is 17.4 Å². The Kier molecular flexibility index (Phi) is 3.81. The SMILES string of the molecule is CNc1nc(C)nc(Oc2ccccc2Br)c1C. The second kappa shape index (κ2) is 5.35. The number of anilines is 1. The summed E-state index contributed by atoms with van der Waals surface area (Å²) in [6.45, 7) is 3.77. The molecule has 1 aromatic heterocycles. The van der Waals surface area contributed by atoms with E-state index in [2.05, 4.69) is 31.2 Å². The summed E-state index contributed by atoms with van der Waals surface area (Å²) >= 11 is 3.45. The number of aromatic nitrogens is 2. The molecule has 0 bridgehead atoms. The van der Waals surface area contributed by atoms with Crippen molar-refractivity contribution >= 4 is 21.7 Å². The third kappa shape index (κ3) is 2.61. The number of halogens is 1. The maximum atomic E-state index is 5.83. The molecule has 18 heavy (non-hydrogen) atoms. The van der Waals surface area contributed by atoms with E-state index in [1.807, 2.05) is 45.2 Å². The Hall–Kier alpha value is -1.62. The van der Waals surface area contributed by atoms with Crippen LogP contribution in [-0.4, -0.2) is 17.0 Å². The van der Waals surface area contributed by atoms with Gasteiger partial charge in [-0.2, -0.15) is 4.98 Å². The van der Waals surface area contributed by atoms with Gasteiger partial charge in [-0.25, -0.2) is 4.98 Å². The van der Waals surface area contributed by atoms with E-state index in [9.17, 15) is 0 Å². The van der Waals surface area contributed by atoms with Crippen molar-refractivity contribution in [3.63, 3.8) is 0 Å². The molecule has 1 aromatic carbocycles. The highest BCUT2D eigenvalue weighted by atomic mass is 79.9. The van der Waals surface area contributed by atoms with Crippen LogP contribution in [0.1, 0.15) is 11.4 Å². The molecule has 0 spiro atoms. The summed E-state index contributed by atoms with van der Waals surface area (Å²) in [5.41, 5.74) is 0.888. The summed E-state index contributed by atoms with van der Waals surface area (Å²) in [7, 11) is 1.83. The molecule has 0 aliphatic carbocycles. The standard InChI is InChI=1S/C13H14BrN3O/c1-8-12(15-3)16-9(2)17-13(8)18-11-7-5-4-6-10(11)14/h4-7H,1-3H3,(H,15,16,17). The second-order valence-electron chi connectivity index (χ2n) is 3.83. The Morgan fingerprint density at radius 2 is 1.89 bits per heavy atom. The predicted molar refractivity (Wildman–Crippen MR) is 75.3 cm³/mol. The van der Waals surface area contributed by atoms with Crippen molar-refractivity contribution in [2.75, 3.05) is 12.4 Å². The van der Waals surface area contributed by atoms with Crippen molar-refractivity contribution in [2.45, 2.75) is 13.8 Å². The van der Waals surface area contributed by atoms with Gasteiger partial charge < -0.3 is 10.1 Å². The lowest BCUT2D eigenvalue weighted by atomic mass is 10.3. The van der Waals surface area contributed by atoms with Gasteiger partial charge in [0.15, 0.2) is 0 Å². The van der Waals surface area contributed by atoms with E-state index < -0.39 is 0 Å². The van der Waals surface area contributed by atoms with E-state index in [-0.39, 0.29) is 0 Å². The van der Waals surface area contributed by atoms with E-state index in [4.69, 9.17) is 4.74 Å². The maximum absolute atomic E-state index is 5.83. The van der Waals surface area contributed by atoms with Crippen LogP contribution in [0, 0.1) is 13.8 Å². The van der Waals surface area contributed by atoms with E-state index in [0.29, 0.717) is 11.7 Å². The number of nitrogens with one attached hydrogen (secondary N) is 1. The number of nitrogens with zero attached hydrogens (tertiary/aromatic N) is 2. The minimum absolute atomic E-state index is 0.568. The van der Waals surface area contributed by atoms with Gasteiger partial charge in [0.25, 0.3) is 0 Å². The Morgan fingerprint density at radius 3 is 2.56 bits per heavy atom. The number of rotatable bonds is 3. The molecular formula is C13H14BrN3O. The zero-order chi connectivity index (χ0) is 13.1. The molecule has 0 unspecified atom stereocenters. The Morgan fingerprint density at radius 1 is 1.17 bits per heavy atom. The molecule has 0 aliphatic rings. The molecule has 0 saturated heterocycles. The van der Waals surface area contributed by atoms with Crippen molar-refractivity contribution < 1.29 is 4.74 Å². The summed E-state index contributed by atoms with van der Waals surface area (Å²) in [6.07, 6.45) is 0. The smallest absolute Gasteiger partial charge is 0.227 e. The third-order valence-electron chi connectivity index (χ3n) is 2.49. The van der Waals surface area contributed by atoms with Crippen LogP contribution in [0.4, 0.5) is 5.82 Å². The van der Waals surface area contributed by atoms with Crippen molar-refractivity contribution in [3.05, 3.63) is 40.1 Å². The second-order valence-corrected chi connectivity index (χ2v) is 4.69. The Bertz CT molecular complexity index is 572. The summed E-state index contributed by atoms with van der Waals surface area (Å²) in [5.74, 6) is 2.76. The molecule has 0 radical (unpaired) electrons. The first-order valence-corrected chi connectivity index (χ1v) is 6.36. The summed E-state index contributed by atoms with van der Waals surface area (Å²) in [6, 6.07) is 7.67. The molecule has 0 saturated carbocycles. The van der Waals surface area contributed by atoms with Crippen molar-refractivity contribution in [1.82, 2.24) is 9.97 Å². The van der Waals surface area contributed by atoms with Crippen molar-refractivity contribution in [3.8, 4) is 11.6 Å². The molecule has 1 heterocycles. The van der Waals surface area contributed by atoms with E-state index >= 15 is 0 Å². The number of benzene rings is 1. The molecule has 4 nitrogen and oxygen atoms in total. The fourth-order valence-electron chi connectivity index (χ4n) is 1.58. The topological polar surface area (TPSA) is 47.0 Å². The highest BCUT2D eigenvalue weighted by Gasteiger charge is 2.11. The van der Waals surface area contributed by atoms with Crippen LogP contribution in [0.15, 0.2) is 28.7 Å². The van der Waals surface area contributed by atoms with Gasteiger partial charge in [-0.3, -0.25) is 0 Å². The van der Waals surface area contributed by atoms with Gasteiger partial charge in [-0.05, 0) is 41.9 Å². The number of hydrogen-bond donors (Lipinski definition) is 1. The molecule has 2 rings (SSSR count). The lowest BCUT2D eigenvalue weighted by Gasteiger charge is -2.12. The van der Waals surface area contributed by atoms with Crippen LogP contribution >= 0.6 is 15.9 Å². The highest BCUT2D eigenvalue weighted by Crippen LogP contribution is 2.31. The number of hydrogen-bond acceptors (Lipinski definition) is 4. The molecule has 0 atom stereocenters. The third-order valence-corrected chi connectivity index (χ3v) is 3.15. The fourth-order valence-corrected chi connectivity index (χ4v) is 1.94. The molecule has 94 valence electrons. The molecule has 0 aliphatic heterocycles. The van der Waals surface area contributed by atoms with Crippen LogP contribution in [0.5, 0.6) is 11.6 Å². The zero-order valence-electron chi connectivity index (χ0n) is 10.5. The number of ether oxygens (including phenoxy) is 1. The van der Waals surface area contributed by atoms with E-state index in [0.717, 1.165) is 21.6 Å². The first kappa shape index (κ1) is 12.8. The van der Waals surface area contributed by atoms with Gasteiger partial charge in [0.05, 0.1) is 10.0 Å². The molecule has 0 amide bonds. The minimum atomic E-state index is 0.568. The Labute approximate surface area is 115 Å². The van der Waals surface area contributed by atoms with Crippen LogP contribution in [0.2, 0.25) is 0 Å². The van der Waals surface area contributed by atoms with Gasteiger partial charge in [-0.15, -0.1) is 0 Å². The van der Waals surface area contributed by atoms with Crippen LogP contribution in [0.25, 0.3) is 0 Å². The van der Waals surface area contributed by atoms with Crippen LogP contribution in [-0.2, 0) is 0 Å². The zero-order valence-corrected chi connectivity index (χ0v) is 12.1. The molecule has 0 fully saturated rings. The lowest BCUT2D eigenvalue weighted by Crippen LogP contribution is -2.03. The summed E-state index contributed by atoms with van der Waals surface area (Å²) in [4.78, 5) is 8.63. The fraction of sp³-hybridized carbons (Fsp3) is 0.231. The normalized spacial score (nSPS) is 10.2. The Balaban J connectivity index is 2.40. The van der Waals surface area contributed by atoms with E-state index in [1.54, 1.807) is 0 Å². The summed E-state index contributed by atoms with van der Waals surface area (Å²) in [5, 5.41) is 3.03. The largest absolute Gasteiger partial charge is 0.437 e. The monoisotopic (exact) mass is 307 g/mol. The molecular weight excluding hydrogens is 294 g/mol. The van der Waals surface area contributed by atoms with Gasteiger partial charge in [0, 0.05) is 7.05 Å². The van der Waals surface area contributed by atoms with Gasteiger partial charge in [-0.1, -0.05) is 12.1 Å². The quantitative estimate of drug-likeness (QED) is 0.939. The number of aryl methyl sites for hydroxylation is 1. The van der Waals surface area contributed by atoms with E-state index in [1.165, 1.54) is 0 Å². The minimum Gasteiger partial charge on any atom is -0.437 e. The van der Waals surface area contributed by atoms with Gasteiger partial charge in [0.2, 0.25) is 5.88 Å². The van der Waals surface area contributed by atoms with Crippen LogP contribution < -0.4 is 10.1 Å². The highest BCUT2D eigenvalue weighted by molar-refractivity contribution is 9.10. The maximum Gasteiger partial charge on any atom is 0.227 e. The molecule has 1 N–H and O–H groups in total. The first-order chi connectivity index (χ1) is 8.61. The lowest BCUT2D eigenvalue weighted by molar-refractivity contribution is 0.453. The van der Waals surface area contributed by atoms with Crippen molar-refractivity contribution in [1.29, 1.82) is 0 Å². The molecule has 5 heteroatoms. The average molecular weight is 308 g/mol. The first-order valence-electron chi connectivity index (χ1n) is 5.57. The van der Waals surface area contributed by atoms with Gasteiger partial charge >= 0.3 is 0 Å².